The van der Waals surface area contributed by atoms with E-state index in [-0.39, 0.29) is 6.04 Å². The number of rotatable bonds is 2. The van der Waals surface area contributed by atoms with E-state index in [1.165, 1.54) is 12.8 Å². The van der Waals surface area contributed by atoms with Gasteiger partial charge in [-0.25, -0.2) is 4.98 Å². The number of H-pyrrole nitrogens is 1. The Morgan fingerprint density at radius 1 is 1.19 bits per heavy atom. The fourth-order valence-electron chi connectivity index (χ4n) is 4.22. The van der Waals surface area contributed by atoms with Gasteiger partial charge in [0.05, 0.1) is 6.04 Å². The molecule has 1 aromatic carbocycles. The number of anilines is 1. The summed E-state index contributed by atoms with van der Waals surface area (Å²) in [4.78, 5) is 9.77. The molecule has 0 spiro atoms. The third kappa shape index (κ3) is 2.45. The second kappa shape index (κ2) is 6.00. The summed E-state index contributed by atoms with van der Waals surface area (Å²) in [6.07, 6.45) is 3.75. The van der Waals surface area contributed by atoms with E-state index in [9.17, 15) is 5.11 Å². The maximum Gasteiger partial charge on any atom is 0.140 e. The van der Waals surface area contributed by atoms with Crippen molar-refractivity contribution in [3.63, 3.8) is 0 Å². The first-order valence-electron chi connectivity index (χ1n) is 9.13. The number of aliphatic hydroxyl groups is 1. The summed E-state index contributed by atoms with van der Waals surface area (Å²) < 4.78 is 6.05. The molecular formula is C20H22N4O2. The van der Waals surface area contributed by atoms with E-state index >= 15 is 0 Å². The second-order valence-corrected chi connectivity index (χ2v) is 7.15. The van der Waals surface area contributed by atoms with Crippen LogP contribution < -0.4 is 10.5 Å². The summed E-state index contributed by atoms with van der Waals surface area (Å²) in [5.74, 6) is 1.23. The molecule has 0 amide bonds. The highest BCUT2D eigenvalue weighted by Gasteiger charge is 2.35. The van der Waals surface area contributed by atoms with Gasteiger partial charge in [-0.15, -0.1) is 0 Å². The number of aliphatic hydroxyl groups excluding tert-OH is 1. The lowest BCUT2D eigenvalue weighted by atomic mass is 9.94. The predicted molar refractivity (Wildman–Crippen MR) is 101 cm³/mol. The lowest BCUT2D eigenvalue weighted by Crippen LogP contribution is -2.44. The van der Waals surface area contributed by atoms with Crippen molar-refractivity contribution in [2.45, 2.75) is 25.0 Å². The van der Waals surface area contributed by atoms with Gasteiger partial charge in [-0.1, -0.05) is 12.1 Å². The maximum atomic E-state index is 10.9. The highest BCUT2D eigenvalue weighted by atomic mass is 16.5. The molecule has 3 aromatic rings. The van der Waals surface area contributed by atoms with Crippen LogP contribution in [-0.2, 0) is 0 Å². The van der Waals surface area contributed by atoms with Crippen LogP contribution in [0.1, 0.15) is 24.5 Å². The number of ether oxygens (including phenoxy) is 1. The Morgan fingerprint density at radius 3 is 2.88 bits per heavy atom. The molecule has 26 heavy (non-hydrogen) atoms. The summed E-state index contributed by atoms with van der Waals surface area (Å²) in [5.41, 5.74) is 9.62. The Kier molecular flexibility index (Phi) is 3.62. The molecular weight excluding hydrogens is 328 g/mol. The molecule has 0 aliphatic carbocycles. The molecule has 1 fully saturated rings. The lowest BCUT2D eigenvalue weighted by molar-refractivity contribution is 0.0140. The zero-order chi connectivity index (χ0) is 17.7. The molecule has 134 valence electrons. The van der Waals surface area contributed by atoms with E-state index in [2.05, 4.69) is 14.9 Å². The molecule has 0 saturated carbocycles. The smallest absolute Gasteiger partial charge is 0.140 e. The third-order valence-corrected chi connectivity index (χ3v) is 5.58. The third-order valence-electron chi connectivity index (χ3n) is 5.58. The normalized spacial score (nSPS) is 23.1. The van der Waals surface area contributed by atoms with Crippen molar-refractivity contribution in [1.29, 1.82) is 0 Å². The standard InChI is InChI=1S/C20H22N4O2/c21-18-10-15(13-5-6-22-20(13)23-18)12-3-4-14-17(9-12)26-11-16(19(14)25)24-7-1-2-8-24/h3-6,9-10,16,19,25H,1-2,7-8,11H2,(H3,21,22,23)/t16-,19-/m1/s1. The lowest BCUT2D eigenvalue weighted by Gasteiger charge is -2.36. The van der Waals surface area contributed by atoms with E-state index in [1.807, 2.05) is 36.5 Å². The van der Waals surface area contributed by atoms with Crippen molar-refractivity contribution >= 4 is 16.9 Å². The van der Waals surface area contributed by atoms with Crippen molar-refractivity contribution < 1.29 is 9.84 Å². The average Bonchev–Trinajstić information content (AvgIpc) is 3.32. The summed E-state index contributed by atoms with van der Waals surface area (Å²) in [7, 11) is 0. The molecule has 1 saturated heterocycles. The van der Waals surface area contributed by atoms with Gasteiger partial charge in [0.25, 0.3) is 0 Å². The molecule has 6 nitrogen and oxygen atoms in total. The van der Waals surface area contributed by atoms with E-state index in [4.69, 9.17) is 10.5 Å². The van der Waals surface area contributed by atoms with Crippen LogP contribution >= 0.6 is 0 Å². The number of hydrogen-bond acceptors (Lipinski definition) is 5. The SMILES string of the molecule is Nc1cc(-c2ccc3c(c2)OC[C@@H](N2CCCC2)[C@@H]3O)c2cc[nH]c2n1. The van der Waals surface area contributed by atoms with E-state index in [1.54, 1.807) is 0 Å². The molecule has 2 aliphatic rings. The molecule has 4 N–H and O–H groups in total. The summed E-state index contributed by atoms with van der Waals surface area (Å²) >= 11 is 0. The minimum absolute atomic E-state index is 0.0452. The zero-order valence-corrected chi connectivity index (χ0v) is 14.5. The first-order chi connectivity index (χ1) is 12.7. The van der Waals surface area contributed by atoms with Crippen molar-refractivity contribution in [2.75, 3.05) is 25.4 Å². The number of nitrogens with zero attached hydrogens (tertiary/aromatic N) is 2. The molecule has 6 heteroatoms. The molecule has 2 aromatic heterocycles. The Morgan fingerprint density at radius 2 is 2.04 bits per heavy atom. The Bertz CT molecular complexity index is 962. The number of likely N-dealkylation sites (tertiary alicyclic amines) is 1. The molecule has 0 bridgehead atoms. The Labute approximate surface area is 151 Å². The highest BCUT2D eigenvalue weighted by Crippen LogP contribution is 2.39. The largest absolute Gasteiger partial charge is 0.491 e. The van der Waals surface area contributed by atoms with Crippen LogP contribution in [0.4, 0.5) is 5.82 Å². The number of nitrogens with one attached hydrogen (secondary N) is 1. The van der Waals surface area contributed by atoms with Crippen molar-refractivity contribution in [3.05, 3.63) is 42.1 Å². The number of pyridine rings is 1. The van der Waals surface area contributed by atoms with Gasteiger partial charge in [-0.2, -0.15) is 0 Å². The summed E-state index contributed by atoms with van der Waals surface area (Å²) in [6.45, 7) is 2.61. The van der Waals surface area contributed by atoms with Gasteiger partial charge in [0.1, 0.15) is 29.9 Å². The van der Waals surface area contributed by atoms with Crippen LogP contribution in [0.15, 0.2) is 36.5 Å². The number of benzene rings is 1. The van der Waals surface area contributed by atoms with Crippen LogP contribution in [0.2, 0.25) is 0 Å². The van der Waals surface area contributed by atoms with Gasteiger partial charge in [0.15, 0.2) is 0 Å². The van der Waals surface area contributed by atoms with Gasteiger partial charge >= 0.3 is 0 Å². The van der Waals surface area contributed by atoms with Gasteiger partial charge < -0.3 is 20.6 Å². The fraction of sp³-hybridized carbons (Fsp3) is 0.350. The second-order valence-electron chi connectivity index (χ2n) is 7.15. The van der Waals surface area contributed by atoms with Gasteiger partial charge in [-0.05, 0) is 55.3 Å². The fourth-order valence-corrected chi connectivity index (χ4v) is 4.22. The van der Waals surface area contributed by atoms with Gasteiger partial charge in [0, 0.05) is 17.1 Å². The number of aromatic amines is 1. The minimum atomic E-state index is -0.513. The first-order valence-corrected chi connectivity index (χ1v) is 9.13. The molecule has 0 radical (unpaired) electrons. The molecule has 2 atom stereocenters. The average molecular weight is 350 g/mol. The molecule has 0 unspecified atom stereocenters. The molecule has 5 rings (SSSR count). The number of fused-ring (bicyclic) bond motifs is 2. The Balaban J connectivity index is 1.53. The van der Waals surface area contributed by atoms with E-state index < -0.39 is 6.10 Å². The Hall–Kier alpha value is -2.57. The van der Waals surface area contributed by atoms with Crippen LogP contribution in [-0.4, -0.2) is 45.7 Å². The van der Waals surface area contributed by atoms with Crippen molar-refractivity contribution in [1.82, 2.24) is 14.9 Å². The number of nitrogen functional groups attached to an aromatic ring is 1. The maximum absolute atomic E-state index is 10.9. The van der Waals surface area contributed by atoms with E-state index in [0.29, 0.717) is 12.4 Å². The van der Waals surface area contributed by atoms with Crippen molar-refractivity contribution in [3.8, 4) is 16.9 Å². The molecule has 4 heterocycles. The van der Waals surface area contributed by atoms with Crippen molar-refractivity contribution in [2.24, 2.45) is 0 Å². The topological polar surface area (TPSA) is 87.4 Å². The van der Waals surface area contributed by atoms with Crippen LogP contribution in [0, 0.1) is 0 Å². The van der Waals surface area contributed by atoms with Crippen LogP contribution in [0.5, 0.6) is 5.75 Å². The van der Waals surface area contributed by atoms with Gasteiger partial charge in [-0.3, -0.25) is 4.90 Å². The number of hydrogen-bond donors (Lipinski definition) is 3. The number of nitrogens with two attached hydrogens (primary N) is 1. The minimum Gasteiger partial charge on any atom is -0.491 e. The van der Waals surface area contributed by atoms with Crippen LogP contribution in [0.3, 0.4) is 0 Å². The highest BCUT2D eigenvalue weighted by molar-refractivity contribution is 5.94. The quantitative estimate of drug-likeness (QED) is 0.661. The van der Waals surface area contributed by atoms with E-state index in [0.717, 1.165) is 46.6 Å². The zero-order valence-electron chi connectivity index (χ0n) is 14.5. The van der Waals surface area contributed by atoms with Crippen LogP contribution in [0.25, 0.3) is 22.2 Å². The van der Waals surface area contributed by atoms with Gasteiger partial charge in [0.2, 0.25) is 0 Å². The summed E-state index contributed by atoms with van der Waals surface area (Å²) in [5, 5.41) is 11.9. The first kappa shape index (κ1) is 15.7. The predicted octanol–water partition coefficient (Wildman–Crippen LogP) is 2.70. The molecule has 2 aliphatic heterocycles. The summed E-state index contributed by atoms with van der Waals surface area (Å²) in [6, 6.07) is 9.93. The monoisotopic (exact) mass is 350 g/mol. The number of aromatic nitrogens is 2.